The predicted molar refractivity (Wildman–Crippen MR) is 112 cm³/mol. The van der Waals surface area contributed by atoms with E-state index in [2.05, 4.69) is 15.3 Å². The number of carbonyl (C=O) groups is 2. The molecule has 0 bridgehead atoms. The van der Waals surface area contributed by atoms with Gasteiger partial charge in [0.15, 0.2) is 5.89 Å². The molecule has 1 aromatic carbocycles. The second kappa shape index (κ2) is 8.83. The smallest absolute Gasteiger partial charge is 0.291 e. The lowest BCUT2D eigenvalue weighted by molar-refractivity contribution is -0.0256. The van der Waals surface area contributed by atoms with Crippen LogP contribution in [0.4, 0.5) is 0 Å². The van der Waals surface area contributed by atoms with E-state index in [1.807, 2.05) is 24.3 Å². The number of para-hydroxylation sites is 1. The lowest BCUT2D eigenvalue weighted by Crippen LogP contribution is -2.42. The molecule has 0 aliphatic carbocycles. The van der Waals surface area contributed by atoms with Gasteiger partial charge in [-0.1, -0.05) is 18.2 Å². The summed E-state index contributed by atoms with van der Waals surface area (Å²) in [5.74, 6) is 0.132. The molecule has 1 saturated heterocycles. The van der Waals surface area contributed by atoms with E-state index in [9.17, 15) is 9.59 Å². The van der Waals surface area contributed by atoms with Crippen LogP contribution in [0.25, 0.3) is 10.9 Å². The number of benzene rings is 1. The molecular formula is C22H24N4O5. The highest BCUT2D eigenvalue weighted by Crippen LogP contribution is 2.27. The zero-order valence-corrected chi connectivity index (χ0v) is 17.4. The summed E-state index contributed by atoms with van der Waals surface area (Å²) in [6, 6.07) is 9.03. The van der Waals surface area contributed by atoms with Gasteiger partial charge in [-0.25, -0.2) is 9.97 Å². The summed E-state index contributed by atoms with van der Waals surface area (Å²) in [5, 5.41) is 12.4. The molecule has 9 nitrogen and oxygen atoms in total. The van der Waals surface area contributed by atoms with Crippen LogP contribution in [0, 0.1) is 13.8 Å². The van der Waals surface area contributed by atoms with Gasteiger partial charge in [0.25, 0.3) is 11.8 Å². The molecule has 1 aliphatic rings. The van der Waals surface area contributed by atoms with Crippen molar-refractivity contribution in [2.75, 3.05) is 32.8 Å². The summed E-state index contributed by atoms with van der Waals surface area (Å²) in [7, 11) is 0. The fraction of sp³-hybridized carbons (Fsp3) is 0.364. The summed E-state index contributed by atoms with van der Waals surface area (Å²) >= 11 is 0. The number of nitrogens with zero attached hydrogens (tertiary/aromatic N) is 3. The second-order valence-electron chi connectivity index (χ2n) is 7.35. The van der Waals surface area contributed by atoms with E-state index < -0.39 is 6.10 Å². The topological polar surface area (TPSA) is 118 Å². The number of oxazole rings is 1. The molecule has 0 saturated carbocycles. The third kappa shape index (κ3) is 4.28. The van der Waals surface area contributed by atoms with E-state index >= 15 is 0 Å². The Kier molecular flexibility index (Phi) is 5.97. The van der Waals surface area contributed by atoms with Crippen molar-refractivity contribution in [3.63, 3.8) is 0 Å². The van der Waals surface area contributed by atoms with Crippen molar-refractivity contribution in [2.24, 2.45) is 0 Å². The minimum atomic E-state index is -0.490. The molecule has 1 atom stereocenters. The molecule has 1 aliphatic heterocycles. The number of fused-ring (bicyclic) bond motifs is 1. The maximum atomic E-state index is 12.9. The Balaban J connectivity index is 1.64. The zero-order chi connectivity index (χ0) is 22.0. The highest BCUT2D eigenvalue weighted by molar-refractivity contribution is 6.06. The molecule has 0 spiro atoms. The Labute approximate surface area is 179 Å². The van der Waals surface area contributed by atoms with Crippen LogP contribution in [0.15, 0.2) is 34.7 Å². The molecule has 2 N–H and O–H groups in total. The minimum Gasteiger partial charge on any atom is -0.436 e. The highest BCUT2D eigenvalue weighted by atomic mass is 16.5. The highest BCUT2D eigenvalue weighted by Gasteiger charge is 2.30. The molecule has 0 unspecified atom stereocenters. The lowest BCUT2D eigenvalue weighted by Gasteiger charge is -2.32. The van der Waals surface area contributed by atoms with E-state index in [4.69, 9.17) is 14.3 Å². The maximum absolute atomic E-state index is 12.9. The zero-order valence-electron chi connectivity index (χ0n) is 17.4. The van der Waals surface area contributed by atoms with Gasteiger partial charge in [-0.3, -0.25) is 9.59 Å². The average Bonchev–Trinajstić information content (AvgIpc) is 3.14. The lowest BCUT2D eigenvalue weighted by atomic mass is 10.0. The number of aromatic nitrogens is 2. The van der Waals surface area contributed by atoms with Gasteiger partial charge in [-0.15, -0.1) is 0 Å². The Hall–Kier alpha value is -3.30. The van der Waals surface area contributed by atoms with Gasteiger partial charge in [0, 0.05) is 25.4 Å². The Morgan fingerprint density at radius 1 is 1.26 bits per heavy atom. The fourth-order valence-corrected chi connectivity index (χ4v) is 3.70. The first kappa shape index (κ1) is 21.0. The van der Waals surface area contributed by atoms with E-state index in [1.54, 1.807) is 24.8 Å². The SMILES string of the molecule is Cc1nc(C)c(C(=O)N2CCO[C@@H](c3cc(C(=O)NCCO)c4ccccc4n3)C2)o1. The molecule has 9 heteroatoms. The molecule has 31 heavy (non-hydrogen) atoms. The monoisotopic (exact) mass is 424 g/mol. The molecule has 3 heterocycles. The van der Waals surface area contributed by atoms with Gasteiger partial charge >= 0.3 is 0 Å². The fourth-order valence-electron chi connectivity index (χ4n) is 3.70. The van der Waals surface area contributed by atoms with Crippen molar-refractivity contribution >= 4 is 22.7 Å². The van der Waals surface area contributed by atoms with Crippen LogP contribution in [0.1, 0.15) is 44.3 Å². The first-order valence-electron chi connectivity index (χ1n) is 10.1. The van der Waals surface area contributed by atoms with Crippen LogP contribution < -0.4 is 5.32 Å². The summed E-state index contributed by atoms with van der Waals surface area (Å²) in [5.41, 5.74) is 2.22. The number of hydrogen-bond donors (Lipinski definition) is 2. The third-order valence-corrected chi connectivity index (χ3v) is 5.16. The summed E-state index contributed by atoms with van der Waals surface area (Å²) < 4.78 is 11.4. The standard InChI is InChI=1S/C22H24N4O5/c1-13-20(31-14(2)24-13)22(29)26-8-10-30-19(12-26)18-11-16(21(28)23-7-9-27)15-5-3-4-6-17(15)25-18/h3-6,11,19,27H,7-10,12H2,1-2H3,(H,23,28)/t19-/m1/s1. The number of aliphatic hydroxyl groups is 1. The predicted octanol–water partition coefficient (Wildman–Crippen LogP) is 1.78. The summed E-state index contributed by atoms with van der Waals surface area (Å²) in [4.78, 5) is 36.1. The van der Waals surface area contributed by atoms with Gasteiger partial charge in [0.2, 0.25) is 5.76 Å². The van der Waals surface area contributed by atoms with Crippen molar-refractivity contribution in [2.45, 2.75) is 20.0 Å². The Morgan fingerprint density at radius 3 is 2.81 bits per heavy atom. The quantitative estimate of drug-likeness (QED) is 0.641. The Bertz CT molecular complexity index is 1130. The molecule has 1 fully saturated rings. The molecular weight excluding hydrogens is 400 g/mol. The van der Waals surface area contributed by atoms with Crippen LogP contribution in [-0.2, 0) is 4.74 Å². The van der Waals surface area contributed by atoms with Crippen LogP contribution in [-0.4, -0.2) is 64.6 Å². The van der Waals surface area contributed by atoms with Crippen molar-refractivity contribution in [3.8, 4) is 0 Å². The van der Waals surface area contributed by atoms with Crippen molar-refractivity contribution in [1.29, 1.82) is 0 Å². The second-order valence-corrected chi connectivity index (χ2v) is 7.35. The van der Waals surface area contributed by atoms with Crippen LogP contribution in [0.3, 0.4) is 0 Å². The first-order chi connectivity index (χ1) is 15.0. The number of aliphatic hydroxyl groups excluding tert-OH is 1. The number of amides is 2. The Morgan fingerprint density at radius 2 is 2.06 bits per heavy atom. The molecule has 3 aromatic rings. The van der Waals surface area contributed by atoms with E-state index in [-0.39, 0.29) is 37.3 Å². The normalized spacial score (nSPS) is 16.5. The number of aryl methyl sites for hydroxylation is 2. The third-order valence-electron chi connectivity index (χ3n) is 5.16. The number of morpholine rings is 1. The van der Waals surface area contributed by atoms with Crippen molar-refractivity contribution < 1.29 is 23.8 Å². The maximum Gasteiger partial charge on any atom is 0.291 e. The van der Waals surface area contributed by atoms with Crippen molar-refractivity contribution in [3.05, 3.63) is 58.9 Å². The van der Waals surface area contributed by atoms with Crippen LogP contribution in [0.2, 0.25) is 0 Å². The van der Waals surface area contributed by atoms with E-state index in [1.165, 1.54) is 0 Å². The van der Waals surface area contributed by atoms with Gasteiger partial charge in [-0.05, 0) is 19.1 Å². The number of hydrogen-bond acceptors (Lipinski definition) is 7. The van der Waals surface area contributed by atoms with Gasteiger partial charge in [0.05, 0.1) is 42.2 Å². The largest absolute Gasteiger partial charge is 0.436 e. The van der Waals surface area contributed by atoms with Crippen LogP contribution in [0.5, 0.6) is 0 Å². The molecule has 162 valence electrons. The summed E-state index contributed by atoms with van der Waals surface area (Å²) in [6.45, 7) is 4.49. The first-order valence-corrected chi connectivity index (χ1v) is 10.1. The van der Waals surface area contributed by atoms with Gasteiger partial charge in [-0.2, -0.15) is 0 Å². The number of pyridine rings is 1. The van der Waals surface area contributed by atoms with Gasteiger partial charge < -0.3 is 24.5 Å². The molecule has 4 rings (SSSR count). The number of ether oxygens (including phenoxy) is 1. The average molecular weight is 424 g/mol. The molecule has 0 radical (unpaired) electrons. The van der Waals surface area contributed by atoms with E-state index in [0.717, 1.165) is 0 Å². The van der Waals surface area contributed by atoms with E-state index in [0.29, 0.717) is 46.9 Å². The van der Waals surface area contributed by atoms with Crippen LogP contribution >= 0.6 is 0 Å². The number of nitrogens with one attached hydrogen (secondary N) is 1. The van der Waals surface area contributed by atoms with Gasteiger partial charge in [0.1, 0.15) is 6.10 Å². The minimum absolute atomic E-state index is 0.148. The molecule has 2 aromatic heterocycles. The molecule has 2 amide bonds. The summed E-state index contributed by atoms with van der Waals surface area (Å²) in [6.07, 6.45) is -0.490. The van der Waals surface area contributed by atoms with Crippen molar-refractivity contribution in [1.82, 2.24) is 20.2 Å². The number of carbonyl (C=O) groups excluding carboxylic acids is 2. The number of rotatable bonds is 5.